The zero-order chi connectivity index (χ0) is 13.8. The maximum atomic E-state index is 13.7. The molecule has 0 aliphatic carbocycles. The number of carbonyl (C=O) groups is 1. The van der Waals surface area contributed by atoms with Gasteiger partial charge in [-0.05, 0) is 36.8 Å². The van der Waals surface area contributed by atoms with Gasteiger partial charge < -0.3 is 10.6 Å². The minimum atomic E-state index is -0.435. The van der Waals surface area contributed by atoms with E-state index in [0.29, 0.717) is 11.3 Å². The van der Waals surface area contributed by atoms with Crippen molar-refractivity contribution < 1.29 is 9.18 Å². The molecule has 4 heteroatoms. The van der Waals surface area contributed by atoms with Crippen molar-refractivity contribution in [2.45, 2.75) is 6.92 Å². The van der Waals surface area contributed by atoms with Gasteiger partial charge in [-0.15, -0.1) is 0 Å². The van der Waals surface area contributed by atoms with Crippen LogP contribution in [-0.4, -0.2) is 13.0 Å². The molecule has 2 aromatic carbocycles. The molecular formula is C15H15FN2O. The summed E-state index contributed by atoms with van der Waals surface area (Å²) in [6.45, 7) is 1.80. The molecule has 0 aromatic heterocycles. The molecule has 2 aromatic rings. The summed E-state index contributed by atoms with van der Waals surface area (Å²) in [7, 11) is 1.73. The molecule has 2 N–H and O–H groups in total. The second kappa shape index (κ2) is 5.52. The molecule has 0 saturated carbocycles. The van der Waals surface area contributed by atoms with Crippen LogP contribution in [-0.2, 0) is 0 Å². The van der Waals surface area contributed by atoms with Crippen LogP contribution in [0.5, 0.6) is 0 Å². The lowest BCUT2D eigenvalue weighted by atomic mass is 10.1. The monoisotopic (exact) mass is 258 g/mol. The minimum Gasteiger partial charge on any atom is -0.387 e. The number of rotatable bonds is 3. The van der Waals surface area contributed by atoms with E-state index in [9.17, 15) is 9.18 Å². The minimum absolute atomic E-state index is 0.182. The standard InChI is InChI=1S/C15H15FN2O/c1-10-7-8-14(12(16)9-10)18-15(19)11-5-3-4-6-13(11)17-2/h3-9,17H,1-2H3,(H,18,19). The maximum absolute atomic E-state index is 13.7. The van der Waals surface area contributed by atoms with Crippen molar-refractivity contribution in [1.29, 1.82) is 0 Å². The highest BCUT2D eigenvalue weighted by molar-refractivity contribution is 6.08. The summed E-state index contributed by atoms with van der Waals surface area (Å²) in [5.41, 5.74) is 2.17. The number of nitrogens with one attached hydrogen (secondary N) is 2. The van der Waals surface area contributed by atoms with E-state index >= 15 is 0 Å². The number of halogens is 1. The SMILES string of the molecule is CNc1ccccc1C(=O)Nc1ccc(C)cc1F. The van der Waals surface area contributed by atoms with Gasteiger partial charge in [-0.2, -0.15) is 0 Å². The van der Waals surface area contributed by atoms with Crippen molar-refractivity contribution in [3.63, 3.8) is 0 Å². The summed E-state index contributed by atoms with van der Waals surface area (Å²) in [4.78, 5) is 12.1. The number of hydrogen-bond donors (Lipinski definition) is 2. The summed E-state index contributed by atoms with van der Waals surface area (Å²) >= 11 is 0. The zero-order valence-electron chi connectivity index (χ0n) is 10.8. The molecule has 0 radical (unpaired) electrons. The van der Waals surface area contributed by atoms with Gasteiger partial charge in [0.15, 0.2) is 0 Å². The van der Waals surface area contributed by atoms with E-state index in [2.05, 4.69) is 10.6 Å². The Balaban J connectivity index is 2.26. The van der Waals surface area contributed by atoms with E-state index in [-0.39, 0.29) is 11.6 Å². The molecule has 0 bridgehead atoms. The molecule has 3 nitrogen and oxygen atoms in total. The summed E-state index contributed by atoms with van der Waals surface area (Å²) < 4.78 is 13.7. The number of amides is 1. The highest BCUT2D eigenvalue weighted by Gasteiger charge is 2.12. The first-order valence-electron chi connectivity index (χ1n) is 5.96. The zero-order valence-corrected chi connectivity index (χ0v) is 10.8. The normalized spacial score (nSPS) is 10.1. The summed E-state index contributed by atoms with van der Waals surface area (Å²) in [6.07, 6.45) is 0. The van der Waals surface area contributed by atoms with Gasteiger partial charge in [-0.3, -0.25) is 4.79 Å². The Morgan fingerprint density at radius 1 is 1.11 bits per heavy atom. The topological polar surface area (TPSA) is 41.1 Å². The quantitative estimate of drug-likeness (QED) is 0.885. The Hall–Kier alpha value is -2.36. The number of hydrogen-bond acceptors (Lipinski definition) is 2. The third-order valence-corrected chi connectivity index (χ3v) is 2.81. The Bertz CT molecular complexity index is 611. The van der Waals surface area contributed by atoms with Crippen LogP contribution in [0, 0.1) is 12.7 Å². The smallest absolute Gasteiger partial charge is 0.257 e. The Labute approximate surface area is 111 Å². The van der Waals surface area contributed by atoms with Gasteiger partial charge in [0.2, 0.25) is 0 Å². The average Bonchev–Trinajstić information content (AvgIpc) is 2.41. The molecule has 0 aliphatic rings. The van der Waals surface area contributed by atoms with E-state index in [1.54, 1.807) is 44.3 Å². The first-order valence-corrected chi connectivity index (χ1v) is 5.96. The molecule has 19 heavy (non-hydrogen) atoms. The molecular weight excluding hydrogens is 243 g/mol. The fraction of sp³-hybridized carbons (Fsp3) is 0.133. The van der Waals surface area contributed by atoms with Crippen molar-refractivity contribution in [3.8, 4) is 0 Å². The summed E-state index contributed by atoms with van der Waals surface area (Å²) in [5.74, 6) is -0.775. The summed E-state index contributed by atoms with van der Waals surface area (Å²) in [5, 5.41) is 5.51. The maximum Gasteiger partial charge on any atom is 0.257 e. The van der Waals surface area contributed by atoms with Crippen LogP contribution >= 0.6 is 0 Å². The number of carbonyl (C=O) groups excluding carboxylic acids is 1. The number of anilines is 2. The highest BCUT2D eigenvalue weighted by atomic mass is 19.1. The van der Waals surface area contributed by atoms with Crippen molar-refractivity contribution in [2.24, 2.45) is 0 Å². The second-order valence-corrected chi connectivity index (χ2v) is 4.23. The Kier molecular flexibility index (Phi) is 3.80. The van der Waals surface area contributed by atoms with Crippen LogP contribution in [0.25, 0.3) is 0 Å². The van der Waals surface area contributed by atoms with Gasteiger partial charge in [-0.25, -0.2) is 4.39 Å². The van der Waals surface area contributed by atoms with E-state index in [4.69, 9.17) is 0 Å². The van der Waals surface area contributed by atoms with Crippen molar-refractivity contribution in [3.05, 3.63) is 59.4 Å². The van der Waals surface area contributed by atoms with Gasteiger partial charge in [0.05, 0.1) is 11.3 Å². The van der Waals surface area contributed by atoms with E-state index < -0.39 is 5.82 Å². The molecule has 0 aliphatic heterocycles. The molecule has 0 fully saturated rings. The van der Waals surface area contributed by atoms with Crippen LogP contribution in [0.1, 0.15) is 15.9 Å². The number of benzene rings is 2. The van der Waals surface area contributed by atoms with Crippen molar-refractivity contribution in [1.82, 2.24) is 0 Å². The second-order valence-electron chi connectivity index (χ2n) is 4.23. The highest BCUT2D eigenvalue weighted by Crippen LogP contribution is 2.19. The van der Waals surface area contributed by atoms with Crippen molar-refractivity contribution in [2.75, 3.05) is 17.7 Å². The van der Waals surface area contributed by atoms with Crippen LogP contribution in [0.15, 0.2) is 42.5 Å². The van der Waals surface area contributed by atoms with Gasteiger partial charge in [-0.1, -0.05) is 18.2 Å². The van der Waals surface area contributed by atoms with Gasteiger partial charge in [0.1, 0.15) is 5.82 Å². The molecule has 0 atom stereocenters. The Morgan fingerprint density at radius 3 is 2.53 bits per heavy atom. The van der Waals surface area contributed by atoms with E-state index in [1.165, 1.54) is 6.07 Å². The van der Waals surface area contributed by atoms with Crippen molar-refractivity contribution >= 4 is 17.3 Å². The van der Waals surface area contributed by atoms with E-state index in [1.807, 2.05) is 6.07 Å². The van der Waals surface area contributed by atoms with E-state index in [0.717, 1.165) is 5.56 Å². The lowest BCUT2D eigenvalue weighted by Crippen LogP contribution is -2.14. The third-order valence-electron chi connectivity index (χ3n) is 2.81. The molecule has 98 valence electrons. The largest absolute Gasteiger partial charge is 0.387 e. The lowest BCUT2D eigenvalue weighted by Gasteiger charge is -2.10. The third kappa shape index (κ3) is 2.91. The van der Waals surface area contributed by atoms with Crippen LogP contribution < -0.4 is 10.6 Å². The molecule has 0 heterocycles. The Morgan fingerprint density at radius 2 is 1.84 bits per heavy atom. The van der Waals surface area contributed by atoms with Crippen LogP contribution in [0.3, 0.4) is 0 Å². The number of para-hydroxylation sites is 1. The first kappa shape index (κ1) is 13.1. The predicted molar refractivity (Wildman–Crippen MR) is 75.1 cm³/mol. The lowest BCUT2D eigenvalue weighted by molar-refractivity contribution is 0.102. The van der Waals surface area contributed by atoms with Gasteiger partial charge >= 0.3 is 0 Å². The molecule has 1 amide bonds. The fourth-order valence-corrected chi connectivity index (χ4v) is 1.81. The molecule has 0 spiro atoms. The molecule has 0 unspecified atom stereocenters. The average molecular weight is 258 g/mol. The summed E-state index contributed by atoms with van der Waals surface area (Å²) in [6, 6.07) is 11.8. The van der Waals surface area contributed by atoms with Gasteiger partial charge in [0, 0.05) is 12.7 Å². The first-order chi connectivity index (χ1) is 9.11. The number of aryl methyl sites for hydroxylation is 1. The molecule has 0 saturated heterocycles. The fourth-order valence-electron chi connectivity index (χ4n) is 1.81. The molecule has 2 rings (SSSR count). The van der Waals surface area contributed by atoms with Gasteiger partial charge in [0.25, 0.3) is 5.91 Å². The van der Waals surface area contributed by atoms with Crippen LogP contribution in [0.4, 0.5) is 15.8 Å². The van der Waals surface area contributed by atoms with Crippen LogP contribution in [0.2, 0.25) is 0 Å². The predicted octanol–water partition coefficient (Wildman–Crippen LogP) is 3.43.